The smallest absolute Gasteiger partial charge is 0.230 e. The largest absolute Gasteiger partial charge is 0.497 e. The predicted molar refractivity (Wildman–Crippen MR) is 134 cm³/mol. The fraction of sp³-hybridized carbons (Fsp3) is 0.464. The molecule has 0 spiro atoms. The number of amides is 1. The number of carbonyl (C=O) groups excluding carboxylic acids is 1. The van der Waals surface area contributed by atoms with Crippen molar-refractivity contribution in [2.75, 3.05) is 26.7 Å². The van der Waals surface area contributed by atoms with Gasteiger partial charge in [0.05, 0.1) is 13.2 Å². The van der Waals surface area contributed by atoms with E-state index in [2.05, 4.69) is 32.5 Å². The topological polar surface area (TPSA) is 80.5 Å². The Labute approximate surface area is 206 Å². The van der Waals surface area contributed by atoms with Gasteiger partial charge in [-0.1, -0.05) is 41.9 Å². The average molecular weight is 475 g/mol. The summed E-state index contributed by atoms with van der Waals surface area (Å²) < 4.78 is 10.9. The second-order valence-electron chi connectivity index (χ2n) is 9.69. The van der Waals surface area contributed by atoms with Crippen LogP contribution in [0.1, 0.15) is 61.9 Å². The molecule has 5 rings (SSSR count). The second kappa shape index (κ2) is 11.0. The van der Waals surface area contributed by atoms with Crippen molar-refractivity contribution < 1.29 is 14.1 Å². The predicted octanol–water partition coefficient (Wildman–Crippen LogP) is 4.97. The Kier molecular flexibility index (Phi) is 7.42. The molecule has 1 aliphatic heterocycles. The van der Waals surface area contributed by atoms with Crippen molar-refractivity contribution in [3.05, 3.63) is 66.1 Å². The van der Waals surface area contributed by atoms with E-state index in [-0.39, 0.29) is 23.8 Å². The van der Waals surface area contributed by atoms with E-state index < -0.39 is 0 Å². The van der Waals surface area contributed by atoms with E-state index in [4.69, 9.17) is 9.26 Å². The molecule has 1 saturated heterocycles. The summed E-state index contributed by atoms with van der Waals surface area (Å²) in [5.74, 6) is 2.86. The number of piperidine rings is 1. The standard InChI is InChI=1S/C28H34N4O3/c1-34-24-12-10-21(11-13-24)26-30-28(35-31-26)23-14-17-32(18-15-23)19-16-25(20-6-3-2-4-7-20)29-27(33)22-8-5-9-22/h2-4,6-7,10-13,22-23,25H,5,8-9,14-19H2,1H3,(H,29,33). The Balaban J connectivity index is 1.14. The van der Waals surface area contributed by atoms with Gasteiger partial charge in [0.1, 0.15) is 5.75 Å². The van der Waals surface area contributed by atoms with Gasteiger partial charge in [0.15, 0.2) is 0 Å². The van der Waals surface area contributed by atoms with Gasteiger partial charge in [-0.05, 0) is 75.0 Å². The Hall–Kier alpha value is -3.19. The molecule has 2 aliphatic rings. The van der Waals surface area contributed by atoms with Gasteiger partial charge in [-0.15, -0.1) is 0 Å². The molecule has 1 atom stereocenters. The lowest BCUT2D eigenvalue weighted by molar-refractivity contribution is -0.128. The number of hydrogen-bond donors (Lipinski definition) is 1. The lowest BCUT2D eigenvalue weighted by atomic mass is 9.84. The van der Waals surface area contributed by atoms with E-state index in [1.54, 1.807) is 7.11 Å². The molecular weight excluding hydrogens is 440 g/mol. The quantitative estimate of drug-likeness (QED) is 0.472. The second-order valence-corrected chi connectivity index (χ2v) is 9.69. The number of likely N-dealkylation sites (tertiary alicyclic amines) is 1. The number of ether oxygens (including phenoxy) is 1. The molecule has 1 saturated carbocycles. The molecule has 7 nitrogen and oxygen atoms in total. The van der Waals surface area contributed by atoms with Crippen molar-refractivity contribution in [3.63, 3.8) is 0 Å². The third-order valence-corrected chi connectivity index (χ3v) is 7.46. The number of nitrogens with zero attached hydrogens (tertiary/aromatic N) is 3. The van der Waals surface area contributed by atoms with E-state index in [9.17, 15) is 4.79 Å². The zero-order chi connectivity index (χ0) is 24.0. The Bertz CT molecular complexity index is 1090. The molecule has 2 aromatic carbocycles. The van der Waals surface area contributed by atoms with Gasteiger partial charge in [0.2, 0.25) is 17.6 Å². The number of benzene rings is 2. The van der Waals surface area contributed by atoms with Crippen molar-refractivity contribution >= 4 is 5.91 Å². The van der Waals surface area contributed by atoms with Crippen LogP contribution in [0.3, 0.4) is 0 Å². The molecular formula is C28H34N4O3. The van der Waals surface area contributed by atoms with Crippen LogP contribution in [0.2, 0.25) is 0 Å². The number of methoxy groups -OCH3 is 1. The lowest BCUT2D eigenvalue weighted by Gasteiger charge is -2.32. The molecule has 0 radical (unpaired) electrons. The minimum Gasteiger partial charge on any atom is -0.497 e. The highest BCUT2D eigenvalue weighted by molar-refractivity contribution is 5.79. The van der Waals surface area contributed by atoms with Crippen molar-refractivity contribution in [2.45, 2.75) is 50.5 Å². The number of hydrogen-bond acceptors (Lipinski definition) is 6. The zero-order valence-electron chi connectivity index (χ0n) is 20.4. The van der Waals surface area contributed by atoms with E-state index in [0.29, 0.717) is 5.82 Å². The first-order valence-corrected chi connectivity index (χ1v) is 12.8. The van der Waals surface area contributed by atoms with Crippen molar-refractivity contribution in [3.8, 4) is 17.1 Å². The van der Waals surface area contributed by atoms with Crippen LogP contribution >= 0.6 is 0 Å². The highest BCUT2D eigenvalue weighted by Crippen LogP contribution is 2.31. The summed E-state index contributed by atoms with van der Waals surface area (Å²) in [4.78, 5) is 19.8. The first-order valence-electron chi connectivity index (χ1n) is 12.8. The van der Waals surface area contributed by atoms with Crippen LogP contribution in [0.4, 0.5) is 0 Å². The van der Waals surface area contributed by atoms with E-state index in [0.717, 1.165) is 68.9 Å². The van der Waals surface area contributed by atoms with Crippen molar-refractivity contribution in [1.29, 1.82) is 0 Å². The number of aromatic nitrogens is 2. The van der Waals surface area contributed by atoms with Crippen LogP contribution in [0, 0.1) is 5.92 Å². The summed E-state index contributed by atoms with van der Waals surface area (Å²) in [6.07, 6.45) is 6.12. The number of carbonyl (C=O) groups is 1. The third-order valence-electron chi connectivity index (χ3n) is 7.46. The van der Waals surface area contributed by atoms with Gasteiger partial charge in [-0.25, -0.2) is 0 Å². The van der Waals surface area contributed by atoms with E-state index in [1.807, 2.05) is 42.5 Å². The monoisotopic (exact) mass is 474 g/mol. The first-order chi connectivity index (χ1) is 17.2. The van der Waals surface area contributed by atoms with Gasteiger partial charge in [-0.3, -0.25) is 4.79 Å². The third kappa shape index (κ3) is 5.73. The molecule has 35 heavy (non-hydrogen) atoms. The summed E-state index contributed by atoms with van der Waals surface area (Å²) in [7, 11) is 1.65. The van der Waals surface area contributed by atoms with Gasteiger partial charge in [0.25, 0.3) is 0 Å². The zero-order valence-corrected chi connectivity index (χ0v) is 20.4. The van der Waals surface area contributed by atoms with Gasteiger partial charge >= 0.3 is 0 Å². The molecule has 184 valence electrons. The maximum absolute atomic E-state index is 12.6. The Morgan fingerprint density at radius 2 is 1.83 bits per heavy atom. The fourth-order valence-electron chi connectivity index (χ4n) is 4.94. The van der Waals surface area contributed by atoms with Crippen molar-refractivity contribution in [2.24, 2.45) is 5.92 Å². The summed E-state index contributed by atoms with van der Waals surface area (Å²) in [6, 6.07) is 18.1. The highest BCUT2D eigenvalue weighted by Gasteiger charge is 2.29. The molecule has 1 unspecified atom stereocenters. The molecule has 1 N–H and O–H groups in total. The van der Waals surface area contributed by atoms with Gasteiger partial charge in [-0.2, -0.15) is 4.98 Å². The molecule has 1 amide bonds. The minimum absolute atomic E-state index is 0.0602. The average Bonchev–Trinajstić information content (AvgIpc) is 3.37. The highest BCUT2D eigenvalue weighted by atomic mass is 16.5. The maximum atomic E-state index is 12.6. The molecule has 1 aliphatic carbocycles. The molecule has 2 heterocycles. The normalized spacial score (nSPS) is 18.1. The van der Waals surface area contributed by atoms with Crippen LogP contribution < -0.4 is 10.1 Å². The molecule has 0 bridgehead atoms. The number of nitrogens with one attached hydrogen (secondary N) is 1. The molecule has 1 aromatic heterocycles. The Morgan fingerprint density at radius 3 is 2.49 bits per heavy atom. The molecule has 7 heteroatoms. The number of rotatable bonds is 9. The SMILES string of the molecule is COc1ccc(-c2noc(C3CCN(CCC(NC(=O)C4CCC4)c4ccccc4)CC3)n2)cc1. The summed E-state index contributed by atoms with van der Waals surface area (Å²) >= 11 is 0. The van der Waals surface area contributed by atoms with Crippen LogP contribution in [-0.2, 0) is 4.79 Å². The maximum Gasteiger partial charge on any atom is 0.230 e. The molecule has 3 aromatic rings. The minimum atomic E-state index is 0.0602. The molecule has 2 fully saturated rings. The summed E-state index contributed by atoms with van der Waals surface area (Å²) in [5.41, 5.74) is 2.11. The van der Waals surface area contributed by atoms with Gasteiger partial charge in [0, 0.05) is 23.9 Å². The Morgan fingerprint density at radius 1 is 1.09 bits per heavy atom. The lowest BCUT2D eigenvalue weighted by Crippen LogP contribution is -2.39. The van der Waals surface area contributed by atoms with Crippen LogP contribution in [-0.4, -0.2) is 47.7 Å². The summed E-state index contributed by atoms with van der Waals surface area (Å²) in [5, 5.41) is 7.53. The fourth-order valence-corrected chi connectivity index (χ4v) is 4.94. The first kappa shape index (κ1) is 23.5. The van der Waals surface area contributed by atoms with Crippen molar-refractivity contribution in [1.82, 2.24) is 20.4 Å². The van der Waals surface area contributed by atoms with Crippen LogP contribution in [0.15, 0.2) is 59.1 Å². The van der Waals surface area contributed by atoms with E-state index in [1.165, 1.54) is 12.0 Å². The van der Waals surface area contributed by atoms with Gasteiger partial charge < -0.3 is 19.5 Å². The van der Waals surface area contributed by atoms with Crippen LogP contribution in [0.25, 0.3) is 11.4 Å². The summed E-state index contributed by atoms with van der Waals surface area (Å²) in [6.45, 7) is 2.93. The van der Waals surface area contributed by atoms with E-state index >= 15 is 0 Å². The van der Waals surface area contributed by atoms with Crippen LogP contribution in [0.5, 0.6) is 5.75 Å².